The molecule has 21 heavy (non-hydrogen) atoms. The molecule has 0 radical (unpaired) electrons. The highest BCUT2D eigenvalue weighted by molar-refractivity contribution is 5.75. The lowest BCUT2D eigenvalue weighted by Gasteiger charge is -2.22. The summed E-state index contributed by atoms with van der Waals surface area (Å²) in [5.74, 6) is -0.412. The predicted octanol–water partition coefficient (Wildman–Crippen LogP) is 1.67. The molecule has 2 N–H and O–H groups in total. The number of urea groups is 1. The second kappa shape index (κ2) is 7.64. The van der Waals surface area contributed by atoms with E-state index in [0.29, 0.717) is 6.54 Å². The summed E-state index contributed by atoms with van der Waals surface area (Å²) in [7, 11) is 1.55. The molecule has 0 bridgehead atoms. The van der Waals surface area contributed by atoms with Gasteiger partial charge in [0.1, 0.15) is 12.1 Å². The number of hydrogen-bond acceptors (Lipinski definition) is 4. The minimum absolute atomic E-state index is 0.0630. The van der Waals surface area contributed by atoms with Gasteiger partial charge < -0.3 is 10.1 Å². The van der Waals surface area contributed by atoms with Gasteiger partial charge in [0.05, 0.1) is 0 Å². The second-order valence-electron chi connectivity index (χ2n) is 5.62. The SMILES string of the molecule is CN(NCC(=O)OC(C)(C)C)C(=O)NCc1ccccc1. The number of hydrogen-bond donors (Lipinski definition) is 2. The molecule has 1 aromatic carbocycles. The van der Waals surface area contributed by atoms with E-state index < -0.39 is 11.6 Å². The maximum atomic E-state index is 11.8. The second-order valence-corrected chi connectivity index (χ2v) is 5.62. The van der Waals surface area contributed by atoms with Crippen molar-refractivity contribution in [3.05, 3.63) is 35.9 Å². The summed E-state index contributed by atoms with van der Waals surface area (Å²) in [4.78, 5) is 23.3. The van der Waals surface area contributed by atoms with E-state index in [1.807, 2.05) is 30.3 Å². The Hall–Kier alpha value is -2.08. The van der Waals surface area contributed by atoms with Crippen molar-refractivity contribution >= 4 is 12.0 Å². The molecule has 0 unspecified atom stereocenters. The zero-order valence-electron chi connectivity index (χ0n) is 13.0. The molecule has 116 valence electrons. The molecule has 0 saturated heterocycles. The average molecular weight is 293 g/mol. The van der Waals surface area contributed by atoms with Gasteiger partial charge in [0, 0.05) is 13.6 Å². The zero-order valence-corrected chi connectivity index (χ0v) is 13.0. The number of esters is 1. The van der Waals surface area contributed by atoms with Crippen molar-refractivity contribution in [1.82, 2.24) is 15.8 Å². The number of nitrogens with zero attached hydrogens (tertiary/aromatic N) is 1. The Morgan fingerprint density at radius 1 is 1.19 bits per heavy atom. The third-order valence-electron chi connectivity index (χ3n) is 2.47. The third-order valence-corrected chi connectivity index (χ3v) is 2.47. The average Bonchev–Trinajstić information content (AvgIpc) is 2.41. The van der Waals surface area contributed by atoms with Crippen molar-refractivity contribution < 1.29 is 14.3 Å². The molecule has 6 heteroatoms. The van der Waals surface area contributed by atoms with Crippen LogP contribution in [0.5, 0.6) is 0 Å². The van der Waals surface area contributed by atoms with Crippen molar-refractivity contribution in [2.75, 3.05) is 13.6 Å². The van der Waals surface area contributed by atoms with Gasteiger partial charge in [-0.25, -0.2) is 10.2 Å². The van der Waals surface area contributed by atoms with E-state index in [0.717, 1.165) is 5.56 Å². The molecular formula is C15H23N3O3. The molecule has 0 atom stereocenters. The van der Waals surface area contributed by atoms with Gasteiger partial charge in [0.2, 0.25) is 0 Å². The normalized spacial score (nSPS) is 10.9. The summed E-state index contributed by atoms with van der Waals surface area (Å²) in [6.45, 7) is 5.74. The van der Waals surface area contributed by atoms with Gasteiger partial charge in [0.25, 0.3) is 0 Å². The van der Waals surface area contributed by atoms with Gasteiger partial charge in [0.15, 0.2) is 0 Å². The minimum Gasteiger partial charge on any atom is -0.459 e. The van der Waals surface area contributed by atoms with Crippen LogP contribution in [0.25, 0.3) is 0 Å². The molecule has 0 aliphatic rings. The first kappa shape index (κ1) is 17.0. The van der Waals surface area contributed by atoms with Crippen molar-refractivity contribution in [2.45, 2.75) is 32.9 Å². The number of rotatable bonds is 5. The Morgan fingerprint density at radius 2 is 1.81 bits per heavy atom. The van der Waals surface area contributed by atoms with Gasteiger partial charge in [-0.3, -0.25) is 9.80 Å². The molecule has 0 aliphatic heterocycles. The van der Waals surface area contributed by atoms with Gasteiger partial charge in [-0.2, -0.15) is 0 Å². The number of nitrogens with one attached hydrogen (secondary N) is 2. The summed E-state index contributed by atoms with van der Waals surface area (Å²) < 4.78 is 5.14. The molecule has 0 fully saturated rings. The maximum absolute atomic E-state index is 11.8. The Kier molecular flexibility index (Phi) is 6.17. The van der Waals surface area contributed by atoms with Crippen molar-refractivity contribution in [3.63, 3.8) is 0 Å². The van der Waals surface area contributed by atoms with Crippen LogP contribution < -0.4 is 10.7 Å². The van der Waals surface area contributed by atoms with Crippen LogP contribution in [-0.2, 0) is 16.1 Å². The highest BCUT2D eigenvalue weighted by Gasteiger charge is 2.17. The maximum Gasteiger partial charge on any atom is 0.331 e. The fourth-order valence-electron chi connectivity index (χ4n) is 1.52. The number of ether oxygens (including phenoxy) is 1. The van der Waals surface area contributed by atoms with E-state index >= 15 is 0 Å². The molecular weight excluding hydrogens is 270 g/mol. The van der Waals surface area contributed by atoms with Crippen LogP contribution in [0.4, 0.5) is 4.79 Å². The Morgan fingerprint density at radius 3 is 2.38 bits per heavy atom. The summed E-state index contributed by atoms with van der Waals surface area (Å²) in [5, 5.41) is 3.97. The molecule has 0 aromatic heterocycles. The highest BCUT2D eigenvalue weighted by Crippen LogP contribution is 2.06. The first-order valence-corrected chi connectivity index (χ1v) is 6.79. The van der Waals surface area contributed by atoms with Gasteiger partial charge >= 0.3 is 12.0 Å². The largest absolute Gasteiger partial charge is 0.459 e. The Labute approximate surface area is 125 Å². The first-order valence-electron chi connectivity index (χ1n) is 6.79. The highest BCUT2D eigenvalue weighted by atomic mass is 16.6. The van der Waals surface area contributed by atoms with Crippen molar-refractivity contribution in [1.29, 1.82) is 0 Å². The number of hydrazine groups is 1. The third kappa shape index (κ3) is 7.31. The Bertz CT molecular complexity index is 469. The van der Waals surface area contributed by atoms with Crippen LogP contribution in [0.1, 0.15) is 26.3 Å². The Balaban J connectivity index is 2.30. The summed E-state index contributed by atoms with van der Waals surface area (Å²) >= 11 is 0. The first-order chi connectivity index (χ1) is 9.78. The molecule has 6 nitrogen and oxygen atoms in total. The number of amides is 2. The van der Waals surface area contributed by atoms with Crippen molar-refractivity contribution in [3.8, 4) is 0 Å². The van der Waals surface area contributed by atoms with E-state index in [9.17, 15) is 9.59 Å². The summed E-state index contributed by atoms with van der Waals surface area (Å²) in [6.07, 6.45) is 0. The minimum atomic E-state index is -0.535. The van der Waals surface area contributed by atoms with Gasteiger partial charge in [-0.15, -0.1) is 0 Å². The molecule has 0 spiro atoms. The van der Waals surface area contributed by atoms with Gasteiger partial charge in [-0.1, -0.05) is 30.3 Å². The topological polar surface area (TPSA) is 70.7 Å². The van der Waals surface area contributed by atoms with Gasteiger partial charge in [-0.05, 0) is 26.3 Å². The summed E-state index contributed by atoms with van der Waals surface area (Å²) in [6, 6.07) is 9.27. The van der Waals surface area contributed by atoms with Crippen LogP contribution in [0.3, 0.4) is 0 Å². The standard InChI is InChI=1S/C15H23N3O3/c1-15(2,3)21-13(19)11-17-18(4)14(20)16-10-12-8-6-5-7-9-12/h5-9,17H,10-11H2,1-4H3,(H,16,20). The number of carbonyl (C=O) groups excluding carboxylic acids is 2. The van der Waals surface area contributed by atoms with E-state index in [2.05, 4.69) is 10.7 Å². The fourth-order valence-corrected chi connectivity index (χ4v) is 1.52. The van der Waals surface area contributed by atoms with E-state index in [1.165, 1.54) is 5.01 Å². The lowest BCUT2D eigenvalue weighted by molar-refractivity contribution is -0.154. The van der Waals surface area contributed by atoms with Crippen LogP contribution in [-0.4, -0.2) is 36.2 Å². The zero-order chi connectivity index (χ0) is 15.9. The van der Waals surface area contributed by atoms with Crippen LogP contribution in [0, 0.1) is 0 Å². The monoisotopic (exact) mass is 293 g/mol. The molecule has 0 heterocycles. The lowest BCUT2D eigenvalue weighted by atomic mass is 10.2. The van der Waals surface area contributed by atoms with Crippen LogP contribution >= 0.6 is 0 Å². The number of benzene rings is 1. The smallest absolute Gasteiger partial charge is 0.331 e. The van der Waals surface area contributed by atoms with Crippen molar-refractivity contribution in [2.24, 2.45) is 0 Å². The van der Waals surface area contributed by atoms with E-state index in [-0.39, 0.29) is 12.6 Å². The molecule has 0 saturated carbocycles. The molecule has 1 aromatic rings. The molecule has 1 rings (SSSR count). The summed E-state index contributed by atoms with van der Waals surface area (Å²) in [5.41, 5.74) is 3.16. The van der Waals surface area contributed by atoms with E-state index in [4.69, 9.17) is 4.74 Å². The van der Waals surface area contributed by atoms with Crippen LogP contribution in [0.15, 0.2) is 30.3 Å². The quantitative estimate of drug-likeness (QED) is 0.640. The van der Waals surface area contributed by atoms with E-state index in [1.54, 1.807) is 27.8 Å². The molecule has 2 amide bonds. The van der Waals surface area contributed by atoms with Crippen LogP contribution in [0.2, 0.25) is 0 Å². The lowest BCUT2D eigenvalue weighted by Crippen LogP contribution is -2.47. The molecule has 0 aliphatic carbocycles. The fraction of sp³-hybridized carbons (Fsp3) is 0.467. The predicted molar refractivity (Wildman–Crippen MR) is 80.3 cm³/mol. The number of carbonyl (C=O) groups is 2.